The summed E-state index contributed by atoms with van der Waals surface area (Å²) >= 11 is 2.29. The largest absolute Gasteiger partial charge is 0.405 e. The van der Waals surface area contributed by atoms with Crippen LogP contribution in [0.15, 0.2) is 23.9 Å². The Morgan fingerprint density at radius 2 is 2.20 bits per heavy atom. The second kappa shape index (κ2) is 7.08. The Bertz CT molecular complexity index is 130. The Kier molecular flexibility index (Phi) is 7.06. The molecule has 0 aliphatic rings. The number of nitrogens with two attached hydrogens (primary N) is 2. The van der Waals surface area contributed by atoms with Crippen LogP contribution in [0.4, 0.5) is 0 Å². The maximum absolute atomic E-state index is 5.37. The van der Waals surface area contributed by atoms with Gasteiger partial charge in [0.05, 0.1) is 0 Å². The molecule has 0 bridgehead atoms. The molecule has 0 aromatic rings. The van der Waals surface area contributed by atoms with Crippen molar-refractivity contribution in [2.75, 3.05) is 11.0 Å². The smallest absolute Gasteiger partial charge is 0.0181 e. The summed E-state index contributed by atoms with van der Waals surface area (Å²) in [4.78, 5) is 0. The summed E-state index contributed by atoms with van der Waals surface area (Å²) in [6.45, 7) is 0.687. The van der Waals surface area contributed by atoms with E-state index in [9.17, 15) is 0 Å². The zero-order valence-electron chi connectivity index (χ0n) is 5.89. The molecule has 2 nitrogen and oxygen atoms in total. The van der Waals surface area contributed by atoms with Gasteiger partial charge in [-0.25, -0.2) is 0 Å². The third-order valence-electron chi connectivity index (χ3n) is 1.08. The van der Waals surface area contributed by atoms with Gasteiger partial charge in [0.15, 0.2) is 0 Å². The first-order valence-corrected chi connectivity index (χ1v) is 4.71. The average Bonchev–Trinajstić information content (AvgIpc) is 1.90. The normalized spacial score (nSPS) is 12.8. The van der Waals surface area contributed by atoms with Crippen molar-refractivity contribution in [2.45, 2.75) is 6.42 Å². The van der Waals surface area contributed by atoms with E-state index in [0.717, 1.165) is 10.8 Å². The first-order valence-electron chi connectivity index (χ1n) is 3.18. The van der Waals surface area contributed by atoms with E-state index in [0.29, 0.717) is 6.54 Å². The molecule has 0 unspecified atom stereocenters. The van der Waals surface area contributed by atoms with Crippen LogP contribution in [0.5, 0.6) is 0 Å². The van der Waals surface area contributed by atoms with Gasteiger partial charge in [0, 0.05) is 4.43 Å². The van der Waals surface area contributed by atoms with Gasteiger partial charge in [0.2, 0.25) is 0 Å². The van der Waals surface area contributed by atoms with E-state index in [2.05, 4.69) is 28.7 Å². The van der Waals surface area contributed by atoms with Crippen LogP contribution in [-0.4, -0.2) is 11.0 Å². The minimum atomic E-state index is 0.687. The predicted octanol–water partition coefficient (Wildman–Crippen LogP) is 1.17. The number of alkyl halides is 1. The Morgan fingerprint density at radius 1 is 1.50 bits per heavy atom. The molecule has 0 saturated carbocycles. The summed E-state index contributed by atoms with van der Waals surface area (Å²) in [5.74, 6) is 0. The van der Waals surface area contributed by atoms with Gasteiger partial charge in [-0.2, -0.15) is 0 Å². The van der Waals surface area contributed by atoms with Gasteiger partial charge in [-0.3, -0.25) is 0 Å². The van der Waals surface area contributed by atoms with E-state index in [1.807, 2.05) is 6.08 Å². The first kappa shape index (κ1) is 9.97. The highest BCUT2D eigenvalue weighted by molar-refractivity contribution is 14.1. The van der Waals surface area contributed by atoms with Crippen LogP contribution in [-0.2, 0) is 0 Å². The van der Waals surface area contributed by atoms with Crippen molar-refractivity contribution in [3.8, 4) is 0 Å². The van der Waals surface area contributed by atoms with Crippen LogP contribution in [0, 0.1) is 0 Å². The summed E-state index contributed by atoms with van der Waals surface area (Å²) in [6.07, 6.45) is 6.48. The monoisotopic (exact) mass is 252 g/mol. The van der Waals surface area contributed by atoms with Gasteiger partial charge in [0.1, 0.15) is 0 Å². The SMILES string of the molecule is N/C=C\C(=C/CI)CCN. The van der Waals surface area contributed by atoms with Crippen LogP contribution < -0.4 is 11.5 Å². The first-order chi connectivity index (χ1) is 4.85. The van der Waals surface area contributed by atoms with Crippen molar-refractivity contribution >= 4 is 22.6 Å². The fourth-order valence-electron chi connectivity index (χ4n) is 0.643. The lowest BCUT2D eigenvalue weighted by atomic mass is 10.2. The lowest BCUT2D eigenvalue weighted by Gasteiger charge is -1.96. The molecule has 10 heavy (non-hydrogen) atoms. The quantitative estimate of drug-likeness (QED) is 0.448. The summed E-state index contributed by atoms with van der Waals surface area (Å²) < 4.78 is 1.01. The molecule has 0 atom stereocenters. The topological polar surface area (TPSA) is 52.0 Å². The van der Waals surface area contributed by atoms with E-state index in [-0.39, 0.29) is 0 Å². The van der Waals surface area contributed by atoms with Crippen molar-refractivity contribution < 1.29 is 0 Å². The van der Waals surface area contributed by atoms with E-state index >= 15 is 0 Å². The van der Waals surface area contributed by atoms with Crippen molar-refractivity contribution in [2.24, 2.45) is 11.5 Å². The Hall–Kier alpha value is -0.0300. The molecule has 0 aliphatic carbocycles. The number of halogens is 1. The van der Waals surface area contributed by atoms with E-state index in [1.54, 1.807) is 6.20 Å². The highest BCUT2D eigenvalue weighted by atomic mass is 127. The second-order valence-corrected chi connectivity index (χ2v) is 2.71. The van der Waals surface area contributed by atoms with Crippen molar-refractivity contribution in [3.63, 3.8) is 0 Å². The molecule has 0 amide bonds. The fraction of sp³-hybridized carbons (Fsp3) is 0.429. The molecule has 0 heterocycles. The molecule has 58 valence electrons. The molecule has 0 spiro atoms. The average molecular weight is 252 g/mol. The zero-order valence-corrected chi connectivity index (χ0v) is 8.04. The lowest BCUT2D eigenvalue weighted by molar-refractivity contribution is 0.971. The minimum absolute atomic E-state index is 0.687. The van der Waals surface area contributed by atoms with Crippen LogP contribution in [0.2, 0.25) is 0 Å². The molecule has 0 aromatic heterocycles. The highest BCUT2D eigenvalue weighted by Crippen LogP contribution is 2.02. The Balaban J connectivity index is 3.84. The van der Waals surface area contributed by atoms with Crippen LogP contribution in [0.1, 0.15) is 6.42 Å². The predicted molar refractivity (Wildman–Crippen MR) is 54.0 cm³/mol. The lowest BCUT2D eigenvalue weighted by Crippen LogP contribution is -1.99. The van der Waals surface area contributed by atoms with E-state index < -0.39 is 0 Å². The summed E-state index contributed by atoms with van der Waals surface area (Å²) in [5.41, 5.74) is 11.8. The number of hydrogen-bond donors (Lipinski definition) is 2. The third kappa shape index (κ3) is 4.81. The number of hydrogen-bond acceptors (Lipinski definition) is 2. The van der Waals surface area contributed by atoms with Gasteiger partial charge in [-0.1, -0.05) is 28.7 Å². The summed E-state index contributed by atoms with van der Waals surface area (Å²) in [6, 6.07) is 0. The van der Waals surface area contributed by atoms with Crippen molar-refractivity contribution in [3.05, 3.63) is 23.9 Å². The van der Waals surface area contributed by atoms with Gasteiger partial charge in [0.25, 0.3) is 0 Å². The number of allylic oxidation sites excluding steroid dienone is 2. The number of rotatable bonds is 4. The molecule has 0 fully saturated rings. The van der Waals surface area contributed by atoms with Crippen LogP contribution in [0.25, 0.3) is 0 Å². The maximum atomic E-state index is 5.37. The van der Waals surface area contributed by atoms with Gasteiger partial charge >= 0.3 is 0 Å². The van der Waals surface area contributed by atoms with E-state index in [4.69, 9.17) is 11.5 Å². The molecule has 0 aliphatic heterocycles. The second-order valence-electron chi connectivity index (χ2n) is 1.83. The third-order valence-corrected chi connectivity index (χ3v) is 1.52. The Labute approximate surface area is 75.5 Å². The van der Waals surface area contributed by atoms with Crippen molar-refractivity contribution in [1.29, 1.82) is 0 Å². The molecular formula is C7H13IN2. The van der Waals surface area contributed by atoms with E-state index in [1.165, 1.54) is 5.57 Å². The summed E-state index contributed by atoms with van der Waals surface area (Å²) in [7, 11) is 0. The standard InChI is InChI=1S/C7H13IN2/c8-4-1-7(2-5-9)3-6-10/h1-2,5H,3-4,6,9-10H2/b5-2-,7-1+. The molecule has 0 rings (SSSR count). The molecule has 3 heteroatoms. The molecule has 4 N–H and O–H groups in total. The van der Waals surface area contributed by atoms with Gasteiger partial charge in [-0.15, -0.1) is 0 Å². The molecular weight excluding hydrogens is 239 g/mol. The highest BCUT2D eigenvalue weighted by Gasteiger charge is 1.87. The molecule has 0 aromatic carbocycles. The molecule has 0 radical (unpaired) electrons. The fourth-order valence-corrected chi connectivity index (χ4v) is 1.21. The zero-order chi connectivity index (χ0) is 7.82. The van der Waals surface area contributed by atoms with Crippen LogP contribution in [0.3, 0.4) is 0 Å². The van der Waals surface area contributed by atoms with Gasteiger partial charge < -0.3 is 11.5 Å². The summed E-state index contributed by atoms with van der Waals surface area (Å²) in [5, 5.41) is 0. The van der Waals surface area contributed by atoms with Gasteiger partial charge in [-0.05, 0) is 30.8 Å². The minimum Gasteiger partial charge on any atom is -0.405 e. The van der Waals surface area contributed by atoms with Crippen molar-refractivity contribution in [1.82, 2.24) is 0 Å². The van der Waals surface area contributed by atoms with Crippen LogP contribution >= 0.6 is 22.6 Å². The molecule has 0 saturated heterocycles. The Morgan fingerprint density at radius 3 is 2.60 bits per heavy atom. The maximum Gasteiger partial charge on any atom is 0.0181 e.